The summed E-state index contributed by atoms with van der Waals surface area (Å²) in [7, 11) is 0. The number of hydrogen-bond donors (Lipinski definition) is 0. The van der Waals surface area contributed by atoms with Crippen molar-refractivity contribution >= 4 is 38.8 Å². The quantitative estimate of drug-likeness (QED) is 0.298. The van der Waals surface area contributed by atoms with E-state index in [0.29, 0.717) is 31.9 Å². The smallest absolute Gasteiger partial charge is 0.369 e. The van der Waals surface area contributed by atoms with Gasteiger partial charge in [0.25, 0.3) is 5.56 Å². The van der Waals surface area contributed by atoms with Gasteiger partial charge in [0.1, 0.15) is 4.83 Å². The second kappa shape index (κ2) is 11.2. The molecule has 0 N–H and O–H groups in total. The first-order valence-corrected chi connectivity index (χ1v) is 14.5. The number of hydrogen-bond acceptors (Lipinski definition) is 6. The van der Waals surface area contributed by atoms with E-state index in [2.05, 4.69) is 14.8 Å². The zero-order valence-electron chi connectivity index (χ0n) is 21.8. The summed E-state index contributed by atoms with van der Waals surface area (Å²) in [6.45, 7) is 6.44. The highest BCUT2D eigenvalue weighted by atomic mass is 35.5. The Kier molecular flexibility index (Phi) is 7.60. The van der Waals surface area contributed by atoms with E-state index >= 15 is 0 Å². The van der Waals surface area contributed by atoms with Crippen LogP contribution in [-0.4, -0.2) is 58.6 Å². The van der Waals surface area contributed by atoms with Crippen molar-refractivity contribution in [1.82, 2.24) is 19.4 Å². The molecule has 1 fully saturated rings. The predicted octanol–water partition coefficient (Wildman–Crippen LogP) is 5.51. The fourth-order valence-corrected chi connectivity index (χ4v) is 6.92. The van der Waals surface area contributed by atoms with Crippen molar-refractivity contribution in [3.05, 3.63) is 91.8 Å². The molecule has 40 heavy (non-hydrogen) atoms. The highest BCUT2D eigenvalue weighted by molar-refractivity contribution is 7.18. The molecule has 0 atom stereocenters. The fourth-order valence-electron chi connectivity index (χ4n) is 5.57. The van der Waals surface area contributed by atoms with Crippen molar-refractivity contribution in [2.24, 2.45) is 0 Å². The van der Waals surface area contributed by atoms with Crippen LogP contribution in [0.1, 0.15) is 21.6 Å². The van der Waals surface area contributed by atoms with Crippen LogP contribution in [0, 0.1) is 0 Å². The Labute approximate surface area is 239 Å². The topological polar surface area (TPSA) is 44.6 Å². The summed E-state index contributed by atoms with van der Waals surface area (Å²) in [6, 6.07) is 13.4. The average molecular weight is 588 g/mol. The first kappa shape index (κ1) is 27.3. The van der Waals surface area contributed by atoms with Gasteiger partial charge in [0.2, 0.25) is 0 Å². The molecule has 0 bridgehead atoms. The van der Waals surface area contributed by atoms with Crippen molar-refractivity contribution in [3.63, 3.8) is 0 Å². The maximum absolute atomic E-state index is 13.5. The monoisotopic (exact) mass is 587 g/mol. The van der Waals surface area contributed by atoms with Crippen molar-refractivity contribution in [1.29, 1.82) is 0 Å². The van der Waals surface area contributed by atoms with Crippen LogP contribution in [0.5, 0.6) is 0 Å². The lowest BCUT2D eigenvalue weighted by molar-refractivity contribution is -0.137. The number of anilines is 1. The summed E-state index contributed by atoms with van der Waals surface area (Å²) in [5.74, 6) is 0. The Morgan fingerprint density at radius 1 is 0.950 bits per heavy atom. The van der Waals surface area contributed by atoms with Gasteiger partial charge in [0, 0.05) is 74.5 Å². The Morgan fingerprint density at radius 3 is 2.48 bits per heavy atom. The molecule has 4 heterocycles. The van der Waals surface area contributed by atoms with E-state index in [4.69, 9.17) is 11.6 Å². The molecule has 2 aliphatic heterocycles. The molecule has 6 rings (SSSR count). The van der Waals surface area contributed by atoms with Gasteiger partial charge in [-0.15, -0.1) is 11.3 Å². The number of halogens is 4. The SMILES string of the molecule is O=c1c2c3c(sc2ncn1CCN1CCN(c2cccc(C(F)(F)F)c2)CC1)CN(Cc1ccc(Cl)cc1)CC3. The van der Waals surface area contributed by atoms with Gasteiger partial charge in [0.05, 0.1) is 17.3 Å². The molecular formula is C29H29ClF3N5OS. The summed E-state index contributed by atoms with van der Waals surface area (Å²) < 4.78 is 41.0. The van der Waals surface area contributed by atoms with Crippen molar-refractivity contribution < 1.29 is 13.2 Å². The number of rotatable bonds is 6. The molecule has 210 valence electrons. The Balaban J connectivity index is 1.08. The number of alkyl halides is 3. The van der Waals surface area contributed by atoms with Crippen LogP contribution in [0.15, 0.2) is 59.7 Å². The fraction of sp³-hybridized carbons (Fsp3) is 0.379. The van der Waals surface area contributed by atoms with Gasteiger partial charge in [-0.25, -0.2) is 4.98 Å². The van der Waals surface area contributed by atoms with Gasteiger partial charge in [-0.3, -0.25) is 19.2 Å². The molecule has 0 aliphatic carbocycles. The molecule has 0 saturated carbocycles. The second-order valence-corrected chi connectivity index (χ2v) is 11.9. The van der Waals surface area contributed by atoms with Crippen molar-refractivity contribution in [3.8, 4) is 0 Å². The third kappa shape index (κ3) is 5.76. The molecule has 6 nitrogen and oxygen atoms in total. The maximum atomic E-state index is 13.5. The Morgan fingerprint density at radius 2 is 1.73 bits per heavy atom. The van der Waals surface area contributed by atoms with Gasteiger partial charge < -0.3 is 4.90 Å². The Hall–Kier alpha value is -2.92. The third-order valence-corrected chi connectivity index (χ3v) is 9.17. The van der Waals surface area contributed by atoms with Crippen LogP contribution >= 0.6 is 22.9 Å². The zero-order valence-corrected chi connectivity index (χ0v) is 23.4. The summed E-state index contributed by atoms with van der Waals surface area (Å²) in [6.07, 6.45) is -1.88. The highest BCUT2D eigenvalue weighted by Gasteiger charge is 2.31. The van der Waals surface area contributed by atoms with E-state index < -0.39 is 11.7 Å². The minimum atomic E-state index is -4.35. The molecule has 2 aromatic heterocycles. The molecule has 2 aliphatic rings. The van der Waals surface area contributed by atoms with E-state index in [1.54, 1.807) is 28.3 Å². The van der Waals surface area contributed by atoms with Crippen molar-refractivity contribution in [2.75, 3.05) is 44.2 Å². The molecule has 0 amide bonds. The third-order valence-electron chi connectivity index (χ3n) is 7.79. The first-order chi connectivity index (χ1) is 19.2. The molecule has 0 unspecified atom stereocenters. The lowest BCUT2D eigenvalue weighted by Gasteiger charge is -2.36. The van der Waals surface area contributed by atoms with Gasteiger partial charge in [-0.1, -0.05) is 29.8 Å². The largest absolute Gasteiger partial charge is 0.416 e. The Bertz CT molecular complexity index is 1560. The standard InChI is InChI=1S/C29H29ClF3N5OS/c30-22-6-4-20(5-7-22)17-36-9-8-24-25(18-36)40-27-26(24)28(39)38(19-34-27)15-12-35-10-13-37(14-11-35)23-3-1-2-21(16-23)29(31,32)33/h1-7,16,19H,8-15,17-18H2. The molecule has 0 spiro atoms. The number of fused-ring (bicyclic) bond motifs is 3. The minimum Gasteiger partial charge on any atom is -0.369 e. The van der Waals surface area contributed by atoms with Gasteiger partial charge in [0.15, 0.2) is 0 Å². The maximum Gasteiger partial charge on any atom is 0.416 e. The van der Waals surface area contributed by atoms with E-state index in [-0.39, 0.29) is 5.56 Å². The van der Waals surface area contributed by atoms with Crippen LogP contribution in [0.2, 0.25) is 5.02 Å². The molecule has 11 heteroatoms. The van der Waals surface area contributed by atoms with Gasteiger partial charge in [-0.2, -0.15) is 13.2 Å². The summed E-state index contributed by atoms with van der Waals surface area (Å²) in [5.41, 5.74) is 2.32. The van der Waals surface area contributed by atoms with Gasteiger partial charge >= 0.3 is 6.18 Å². The van der Waals surface area contributed by atoms with Crippen LogP contribution in [0.25, 0.3) is 10.2 Å². The molecule has 1 saturated heterocycles. The summed E-state index contributed by atoms with van der Waals surface area (Å²) in [4.78, 5) is 26.7. The lowest BCUT2D eigenvalue weighted by atomic mass is 10.0. The normalized spacial score (nSPS) is 16.9. The number of piperazine rings is 1. The zero-order chi connectivity index (χ0) is 27.9. The van der Waals surface area contributed by atoms with E-state index in [1.165, 1.54) is 22.6 Å². The summed E-state index contributed by atoms with van der Waals surface area (Å²) in [5, 5.41) is 1.48. The predicted molar refractivity (Wildman–Crippen MR) is 153 cm³/mol. The number of aromatic nitrogens is 2. The molecule has 2 aromatic carbocycles. The molecule has 4 aromatic rings. The van der Waals surface area contributed by atoms with Crippen LogP contribution in [0.4, 0.5) is 18.9 Å². The van der Waals surface area contributed by atoms with Crippen LogP contribution in [0.3, 0.4) is 0 Å². The first-order valence-electron chi connectivity index (χ1n) is 13.4. The second-order valence-electron chi connectivity index (χ2n) is 10.4. The van der Waals surface area contributed by atoms with Gasteiger partial charge in [-0.05, 0) is 47.9 Å². The van der Waals surface area contributed by atoms with E-state index in [1.807, 2.05) is 29.2 Å². The summed E-state index contributed by atoms with van der Waals surface area (Å²) >= 11 is 7.63. The van der Waals surface area contributed by atoms with E-state index in [0.717, 1.165) is 66.0 Å². The number of thiophene rings is 1. The lowest BCUT2D eigenvalue weighted by Crippen LogP contribution is -2.47. The van der Waals surface area contributed by atoms with Crippen LogP contribution < -0.4 is 10.5 Å². The number of benzene rings is 2. The number of nitrogens with zero attached hydrogens (tertiary/aromatic N) is 5. The average Bonchev–Trinajstić information content (AvgIpc) is 3.32. The van der Waals surface area contributed by atoms with Crippen LogP contribution in [-0.2, 0) is 32.2 Å². The minimum absolute atomic E-state index is 0.0104. The van der Waals surface area contributed by atoms with E-state index in [9.17, 15) is 18.0 Å². The van der Waals surface area contributed by atoms with Crippen molar-refractivity contribution in [2.45, 2.75) is 32.2 Å². The highest BCUT2D eigenvalue weighted by Crippen LogP contribution is 2.33. The molecular weight excluding hydrogens is 559 g/mol. The molecule has 0 radical (unpaired) electrons.